The summed E-state index contributed by atoms with van der Waals surface area (Å²) in [6, 6.07) is 6.56. The van der Waals surface area contributed by atoms with Crippen molar-refractivity contribution in [2.24, 2.45) is 11.7 Å². The maximum Gasteiger partial charge on any atom is 0.0221 e. The molecule has 82 valence electrons. The van der Waals surface area contributed by atoms with Crippen molar-refractivity contribution in [1.29, 1.82) is 0 Å². The van der Waals surface area contributed by atoms with Crippen molar-refractivity contribution in [3.8, 4) is 0 Å². The van der Waals surface area contributed by atoms with Crippen LogP contribution in [0, 0.1) is 5.92 Å². The minimum Gasteiger partial charge on any atom is -0.325 e. The summed E-state index contributed by atoms with van der Waals surface area (Å²) in [4.78, 5) is 0. The Bertz CT molecular complexity index is 373. The molecule has 2 heteroatoms. The van der Waals surface area contributed by atoms with E-state index in [2.05, 4.69) is 48.0 Å². The Morgan fingerprint density at radius 3 is 2.73 bits per heavy atom. The van der Waals surface area contributed by atoms with Gasteiger partial charge < -0.3 is 5.73 Å². The molecule has 0 fully saturated rings. The second-order valence-electron chi connectivity index (χ2n) is 4.98. The minimum atomic E-state index is 0.000823. The molecular formula is C13H18BrN. The zero-order valence-corrected chi connectivity index (χ0v) is 11.0. The molecule has 2 rings (SSSR count). The third-order valence-electron chi connectivity index (χ3n) is 3.70. The van der Waals surface area contributed by atoms with Crippen molar-refractivity contribution in [3.63, 3.8) is 0 Å². The predicted octanol–water partition coefficient (Wildman–Crippen LogP) is 3.29. The van der Waals surface area contributed by atoms with Gasteiger partial charge in [0.25, 0.3) is 0 Å². The monoisotopic (exact) mass is 267 g/mol. The van der Waals surface area contributed by atoms with Crippen molar-refractivity contribution in [1.82, 2.24) is 0 Å². The van der Waals surface area contributed by atoms with Crippen LogP contribution in [-0.2, 0) is 12.8 Å². The molecule has 1 atom stereocenters. The van der Waals surface area contributed by atoms with E-state index >= 15 is 0 Å². The lowest BCUT2D eigenvalue weighted by Gasteiger charge is -2.38. The highest BCUT2D eigenvalue weighted by Crippen LogP contribution is 2.33. The van der Waals surface area contributed by atoms with Gasteiger partial charge in [-0.05, 0) is 48.4 Å². The Labute approximate surface area is 100 Å². The second-order valence-corrected chi connectivity index (χ2v) is 5.89. The first kappa shape index (κ1) is 11.2. The Balaban J connectivity index is 2.31. The third-order valence-corrected chi connectivity index (χ3v) is 4.19. The number of nitrogens with two attached hydrogens (primary N) is 1. The molecule has 0 spiro atoms. The number of hydrogen-bond donors (Lipinski definition) is 1. The molecule has 2 N–H and O–H groups in total. The number of hydrogen-bond acceptors (Lipinski definition) is 1. The van der Waals surface area contributed by atoms with Gasteiger partial charge in [0.1, 0.15) is 0 Å². The van der Waals surface area contributed by atoms with E-state index in [9.17, 15) is 0 Å². The van der Waals surface area contributed by atoms with Gasteiger partial charge in [-0.25, -0.2) is 0 Å². The molecule has 0 amide bonds. The molecule has 0 aromatic heterocycles. The van der Waals surface area contributed by atoms with E-state index in [4.69, 9.17) is 5.73 Å². The number of fused-ring (bicyclic) bond motifs is 1. The van der Waals surface area contributed by atoms with Crippen LogP contribution in [0.1, 0.15) is 31.4 Å². The highest BCUT2D eigenvalue weighted by Gasteiger charge is 2.33. The van der Waals surface area contributed by atoms with Crippen molar-refractivity contribution in [2.45, 2.75) is 38.6 Å². The van der Waals surface area contributed by atoms with Gasteiger partial charge in [0, 0.05) is 10.0 Å². The van der Waals surface area contributed by atoms with Crippen LogP contribution in [0.2, 0.25) is 0 Å². The van der Waals surface area contributed by atoms with Gasteiger partial charge in [-0.3, -0.25) is 0 Å². The van der Waals surface area contributed by atoms with E-state index in [1.807, 2.05) is 0 Å². The molecule has 1 unspecified atom stereocenters. The Morgan fingerprint density at radius 1 is 1.33 bits per heavy atom. The van der Waals surface area contributed by atoms with Gasteiger partial charge in [-0.15, -0.1) is 0 Å². The molecule has 0 saturated heterocycles. The molecule has 1 aromatic rings. The van der Waals surface area contributed by atoms with Gasteiger partial charge >= 0.3 is 0 Å². The highest BCUT2D eigenvalue weighted by atomic mass is 79.9. The molecule has 1 aliphatic rings. The molecular weight excluding hydrogens is 250 g/mol. The fourth-order valence-electron chi connectivity index (χ4n) is 2.30. The summed E-state index contributed by atoms with van der Waals surface area (Å²) < 4.78 is 1.18. The third kappa shape index (κ3) is 2.11. The average Bonchev–Trinajstić information content (AvgIpc) is 2.18. The molecule has 1 aliphatic carbocycles. The predicted molar refractivity (Wildman–Crippen MR) is 67.9 cm³/mol. The smallest absolute Gasteiger partial charge is 0.0221 e. The van der Waals surface area contributed by atoms with Crippen molar-refractivity contribution in [3.05, 3.63) is 33.8 Å². The standard InChI is InChI=1S/C13H18BrN/c1-9(2)13(15)6-5-10-7-12(14)4-3-11(10)8-13/h3-4,7,9H,5-6,8,15H2,1-2H3. The maximum absolute atomic E-state index is 6.44. The van der Waals surface area contributed by atoms with Gasteiger partial charge in [0.15, 0.2) is 0 Å². The molecule has 1 aromatic carbocycles. The van der Waals surface area contributed by atoms with E-state index in [-0.39, 0.29) is 5.54 Å². The van der Waals surface area contributed by atoms with E-state index < -0.39 is 0 Å². The molecule has 0 bridgehead atoms. The Hall–Kier alpha value is -0.340. The minimum absolute atomic E-state index is 0.000823. The topological polar surface area (TPSA) is 26.0 Å². The summed E-state index contributed by atoms with van der Waals surface area (Å²) in [5, 5.41) is 0. The van der Waals surface area contributed by atoms with Crippen LogP contribution in [0.5, 0.6) is 0 Å². The van der Waals surface area contributed by atoms with Gasteiger partial charge in [-0.1, -0.05) is 35.8 Å². The molecule has 1 nitrogen and oxygen atoms in total. The Morgan fingerprint density at radius 2 is 2.07 bits per heavy atom. The van der Waals surface area contributed by atoms with Gasteiger partial charge in [-0.2, -0.15) is 0 Å². The average molecular weight is 268 g/mol. The van der Waals surface area contributed by atoms with E-state index in [1.54, 1.807) is 0 Å². The van der Waals surface area contributed by atoms with Gasteiger partial charge in [0.2, 0.25) is 0 Å². The number of halogens is 1. The lowest BCUT2D eigenvalue weighted by molar-refractivity contribution is 0.273. The lowest BCUT2D eigenvalue weighted by Crippen LogP contribution is -2.49. The van der Waals surface area contributed by atoms with Crippen molar-refractivity contribution in [2.75, 3.05) is 0 Å². The lowest BCUT2D eigenvalue weighted by atomic mass is 9.72. The highest BCUT2D eigenvalue weighted by molar-refractivity contribution is 9.10. The zero-order valence-electron chi connectivity index (χ0n) is 9.39. The summed E-state index contributed by atoms with van der Waals surface area (Å²) in [5.41, 5.74) is 9.34. The van der Waals surface area contributed by atoms with Crippen LogP contribution >= 0.6 is 15.9 Å². The van der Waals surface area contributed by atoms with Crippen molar-refractivity contribution >= 4 is 15.9 Å². The molecule has 0 saturated carbocycles. The number of benzene rings is 1. The Kier molecular flexibility index (Phi) is 2.91. The summed E-state index contributed by atoms with van der Waals surface area (Å²) in [7, 11) is 0. The molecule has 0 radical (unpaired) electrons. The fourth-order valence-corrected chi connectivity index (χ4v) is 2.71. The maximum atomic E-state index is 6.44. The summed E-state index contributed by atoms with van der Waals surface area (Å²) >= 11 is 3.52. The van der Waals surface area contributed by atoms with Crippen LogP contribution in [0.15, 0.2) is 22.7 Å². The first-order valence-corrected chi connectivity index (χ1v) is 6.37. The van der Waals surface area contributed by atoms with Crippen LogP contribution in [0.25, 0.3) is 0 Å². The number of aryl methyl sites for hydroxylation is 1. The first-order valence-electron chi connectivity index (χ1n) is 5.57. The molecule has 0 aliphatic heterocycles. The van der Waals surface area contributed by atoms with E-state index in [1.165, 1.54) is 15.6 Å². The fraction of sp³-hybridized carbons (Fsp3) is 0.538. The molecule has 0 heterocycles. The first-order chi connectivity index (χ1) is 7.01. The molecule has 15 heavy (non-hydrogen) atoms. The zero-order chi connectivity index (χ0) is 11.1. The van der Waals surface area contributed by atoms with Gasteiger partial charge in [0.05, 0.1) is 0 Å². The summed E-state index contributed by atoms with van der Waals surface area (Å²) in [5.74, 6) is 0.550. The summed E-state index contributed by atoms with van der Waals surface area (Å²) in [6.45, 7) is 4.45. The second kappa shape index (κ2) is 3.91. The van der Waals surface area contributed by atoms with Crippen molar-refractivity contribution < 1.29 is 0 Å². The van der Waals surface area contributed by atoms with Crippen LogP contribution < -0.4 is 5.73 Å². The summed E-state index contributed by atoms with van der Waals surface area (Å²) in [6.07, 6.45) is 3.24. The largest absolute Gasteiger partial charge is 0.325 e. The SMILES string of the molecule is CC(C)C1(N)CCc2cc(Br)ccc2C1. The normalized spacial score (nSPS) is 25.4. The van der Waals surface area contributed by atoms with E-state index in [0.717, 1.165) is 19.3 Å². The van der Waals surface area contributed by atoms with E-state index in [0.29, 0.717) is 5.92 Å². The number of rotatable bonds is 1. The quantitative estimate of drug-likeness (QED) is 0.831. The van der Waals surface area contributed by atoms with Crippen LogP contribution in [0.4, 0.5) is 0 Å². The van der Waals surface area contributed by atoms with Crippen LogP contribution in [0.3, 0.4) is 0 Å². The van der Waals surface area contributed by atoms with Crippen LogP contribution in [-0.4, -0.2) is 5.54 Å².